The molecule has 1 aromatic heterocycles. The summed E-state index contributed by atoms with van der Waals surface area (Å²) in [6, 6.07) is 9.38. The van der Waals surface area contributed by atoms with Crippen LogP contribution in [0, 0.1) is 0 Å². The molecule has 0 saturated carbocycles. The SMILES string of the molecule is C[C@@H]1O[C@@H](O[C@H]2C(Oc3cc(O)c4c(=O)cc(-c5ccc(O)cc5)oc4c3)O[C@H](CO)[C@@H](O)[C@@H]2O)C(O)C(O)[C@@H]1O. The van der Waals surface area contributed by atoms with Crippen molar-refractivity contribution in [2.45, 2.75) is 68.3 Å². The van der Waals surface area contributed by atoms with E-state index < -0.39 is 79.2 Å². The number of hydrogen-bond donors (Lipinski definition) is 8. The van der Waals surface area contributed by atoms with Gasteiger partial charge in [-0.25, -0.2) is 0 Å². The summed E-state index contributed by atoms with van der Waals surface area (Å²) in [5.41, 5.74) is -0.182. The van der Waals surface area contributed by atoms with E-state index in [1.54, 1.807) is 0 Å². The minimum Gasteiger partial charge on any atom is -0.508 e. The summed E-state index contributed by atoms with van der Waals surface area (Å²) in [6.45, 7) is 0.704. The van der Waals surface area contributed by atoms with Crippen LogP contribution in [-0.2, 0) is 14.2 Å². The molecule has 0 bridgehead atoms. The standard InChI is InChI=1S/C27H30O14/c1-10-20(32)22(34)24(36)26(37-10)41-25-23(35)21(33)18(9-28)40-27(25)38-13-6-14(30)19-15(31)8-16(39-17(19)7-13)11-2-4-12(29)5-3-11/h2-8,10,18,20-30,32-36H,9H2,1H3/t10-,18+,20+,21+,22?,23-,24?,25+,26-,27?/m0/s1. The molecule has 2 aliphatic rings. The van der Waals surface area contributed by atoms with Gasteiger partial charge in [0, 0.05) is 23.8 Å². The molecule has 2 saturated heterocycles. The number of aliphatic hydroxyl groups is 6. The van der Waals surface area contributed by atoms with E-state index in [0.717, 1.165) is 6.07 Å². The zero-order valence-corrected chi connectivity index (χ0v) is 21.5. The van der Waals surface area contributed by atoms with E-state index in [1.165, 1.54) is 43.3 Å². The van der Waals surface area contributed by atoms with Crippen LogP contribution in [0.2, 0.25) is 0 Å². The number of fused-ring (bicyclic) bond motifs is 1. The van der Waals surface area contributed by atoms with Gasteiger partial charge in [-0.3, -0.25) is 4.79 Å². The molecule has 10 atom stereocenters. The Morgan fingerprint density at radius 2 is 1.54 bits per heavy atom. The fourth-order valence-electron chi connectivity index (χ4n) is 4.79. The van der Waals surface area contributed by atoms with E-state index in [9.17, 15) is 45.6 Å². The zero-order valence-electron chi connectivity index (χ0n) is 21.5. The molecule has 0 spiro atoms. The first kappa shape index (κ1) is 29.2. The molecule has 14 nitrogen and oxygen atoms in total. The van der Waals surface area contributed by atoms with Gasteiger partial charge in [0.05, 0.1) is 12.7 Å². The maximum atomic E-state index is 12.8. The van der Waals surface area contributed by atoms with Gasteiger partial charge in [-0.05, 0) is 31.2 Å². The third kappa shape index (κ3) is 5.61. The number of benzene rings is 2. The lowest BCUT2D eigenvalue weighted by Crippen LogP contribution is -2.64. The Balaban J connectivity index is 1.47. The number of rotatable bonds is 6. The molecule has 0 aliphatic carbocycles. The molecule has 5 rings (SSSR count). The Labute approximate surface area is 231 Å². The summed E-state index contributed by atoms with van der Waals surface area (Å²) in [5, 5.41) is 81.4. The van der Waals surface area contributed by atoms with E-state index in [2.05, 4.69) is 0 Å². The van der Waals surface area contributed by atoms with Crippen molar-refractivity contribution in [1.82, 2.24) is 0 Å². The Morgan fingerprint density at radius 1 is 0.829 bits per heavy atom. The van der Waals surface area contributed by atoms with Crippen LogP contribution in [0.15, 0.2) is 51.7 Å². The minimum atomic E-state index is -1.76. The maximum Gasteiger partial charge on any atom is 0.229 e. The molecule has 0 radical (unpaired) electrons. The minimum absolute atomic E-state index is 0.00857. The Morgan fingerprint density at radius 3 is 2.22 bits per heavy atom. The molecule has 2 aromatic carbocycles. The van der Waals surface area contributed by atoms with E-state index >= 15 is 0 Å². The first-order valence-electron chi connectivity index (χ1n) is 12.7. The molecule has 0 amide bonds. The van der Waals surface area contributed by atoms with E-state index in [4.69, 9.17) is 23.4 Å². The molecule has 3 heterocycles. The van der Waals surface area contributed by atoms with Gasteiger partial charge < -0.3 is 64.2 Å². The van der Waals surface area contributed by atoms with Crippen molar-refractivity contribution >= 4 is 11.0 Å². The van der Waals surface area contributed by atoms with Gasteiger partial charge in [-0.2, -0.15) is 0 Å². The van der Waals surface area contributed by atoms with Gasteiger partial charge in [0.25, 0.3) is 0 Å². The normalized spacial score (nSPS) is 34.0. The summed E-state index contributed by atoms with van der Waals surface area (Å²) in [5.74, 6) is -0.498. The summed E-state index contributed by atoms with van der Waals surface area (Å²) < 4.78 is 28.4. The lowest BCUT2D eigenvalue weighted by atomic mass is 9.97. The molecule has 41 heavy (non-hydrogen) atoms. The van der Waals surface area contributed by atoms with Gasteiger partial charge in [0.2, 0.25) is 6.29 Å². The summed E-state index contributed by atoms with van der Waals surface area (Å²) in [7, 11) is 0. The highest BCUT2D eigenvalue weighted by Gasteiger charge is 2.50. The quantitative estimate of drug-likeness (QED) is 0.174. The highest BCUT2D eigenvalue weighted by atomic mass is 16.8. The number of aliphatic hydroxyl groups excluding tert-OH is 6. The second-order valence-electron chi connectivity index (χ2n) is 9.94. The van der Waals surface area contributed by atoms with Crippen LogP contribution in [0.4, 0.5) is 0 Å². The van der Waals surface area contributed by atoms with Gasteiger partial charge in [0.15, 0.2) is 17.8 Å². The largest absolute Gasteiger partial charge is 0.508 e. The van der Waals surface area contributed by atoms with Crippen LogP contribution >= 0.6 is 0 Å². The molecular weight excluding hydrogens is 548 g/mol. The van der Waals surface area contributed by atoms with Crippen molar-refractivity contribution in [3.05, 3.63) is 52.7 Å². The van der Waals surface area contributed by atoms with E-state index in [1.807, 2.05) is 0 Å². The smallest absolute Gasteiger partial charge is 0.229 e. The van der Waals surface area contributed by atoms with Crippen LogP contribution in [0.1, 0.15) is 6.92 Å². The second kappa shape index (κ2) is 11.5. The number of phenols is 2. The van der Waals surface area contributed by atoms with Gasteiger partial charge in [-0.1, -0.05) is 0 Å². The topological polar surface area (TPSA) is 229 Å². The predicted molar refractivity (Wildman–Crippen MR) is 137 cm³/mol. The fourth-order valence-corrected chi connectivity index (χ4v) is 4.79. The fraction of sp³-hybridized carbons (Fsp3) is 0.444. The third-order valence-corrected chi connectivity index (χ3v) is 7.11. The monoisotopic (exact) mass is 578 g/mol. The van der Waals surface area contributed by atoms with E-state index in [0.29, 0.717) is 5.56 Å². The number of aromatic hydroxyl groups is 2. The summed E-state index contributed by atoms with van der Waals surface area (Å²) in [4.78, 5) is 12.8. The van der Waals surface area contributed by atoms with Crippen LogP contribution in [0.25, 0.3) is 22.3 Å². The number of hydrogen-bond acceptors (Lipinski definition) is 14. The van der Waals surface area contributed by atoms with Crippen LogP contribution in [-0.4, -0.2) is 109 Å². The van der Waals surface area contributed by atoms with Crippen molar-refractivity contribution in [2.75, 3.05) is 6.61 Å². The highest BCUT2D eigenvalue weighted by Crippen LogP contribution is 2.35. The van der Waals surface area contributed by atoms with Crippen molar-refractivity contribution in [2.24, 2.45) is 0 Å². The zero-order chi connectivity index (χ0) is 29.6. The second-order valence-corrected chi connectivity index (χ2v) is 9.94. The Hall–Kier alpha value is -3.31. The molecule has 2 fully saturated rings. The van der Waals surface area contributed by atoms with Crippen LogP contribution in [0.5, 0.6) is 17.2 Å². The van der Waals surface area contributed by atoms with Crippen molar-refractivity contribution in [3.8, 4) is 28.6 Å². The summed E-state index contributed by atoms with van der Waals surface area (Å²) in [6.07, 6.45) is -15.3. The Kier molecular flexibility index (Phi) is 8.20. The van der Waals surface area contributed by atoms with Gasteiger partial charge in [-0.15, -0.1) is 0 Å². The molecular formula is C27H30O14. The number of phenolic OH excluding ortho intramolecular Hbond substituents is 2. The molecule has 2 aliphatic heterocycles. The van der Waals surface area contributed by atoms with Gasteiger partial charge >= 0.3 is 0 Å². The highest BCUT2D eigenvalue weighted by molar-refractivity contribution is 5.86. The molecule has 14 heteroatoms. The molecule has 8 N–H and O–H groups in total. The molecule has 3 aromatic rings. The third-order valence-electron chi connectivity index (χ3n) is 7.11. The van der Waals surface area contributed by atoms with Gasteiger partial charge in [0.1, 0.15) is 70.6 Å². The Bertz CT molecular complexity index is 1420. The van der Waals surface area contributed by atoms with Crippen LogP contribution in [0.3, 0.4) is 0 Å². The van der Waals surface area contributed by atoms with Crippen LogP contribution < -0.4 is 10.2 Å². The molecule has 3 unspecified atom stereocenters. The first-order chi connectivity index (χ1) is 19.5. The average molecular weight is 579 g/mol. The summed E-state index contributed by atoms with van der Waals surface area (Å²) >= 11 is 0. The van der Waals surface area contributed by atoms with Crippen molar-refractivity contribution in [3.63, 3.8) is 0 Å². The van der Waals surface area contributed by atoms with E-state index in [-0.39, 0.29) is 28.2 Å². The lowest BCUT2D eigenvalue weighted by molar-refractivity contribution is -0.354. The van der Waals surface area contributed by atoms with Crippen molar-refractivity contribution in [1.29, 1.82) is 0 Å². The first-order valence-corrected chi connectivity index (χ1v) is 12.7. The van der Waals surface area contributed by atoms with Crippen molar-refractivity contribution < 1.29 is 64.2 Å². The lowest BCUT2D eigenvalue weighted by Gasteiger charge is -2.45. The maximum absolute atomic E-state index is 12.8. The average Bonchev–Trinajstić information content (AvgIpc) is 2.94. The molecule has 222 valence electrons. The number of ether oxygens (including phenoxy) is 4. The predicted octanol–water partition coefficient (Wildman–Crippen LogP) is -1.10.